The largest absolute Gasteiger partial charge is 0.378 e. The maximum atomic E-state index is 12.6. The summed E-state index contributed by atoms with van der Waals surface area (Å²) in [4.78, 5) is 24.2. The summed E-state index contributed by atoms with van der Waals surface area (Å²) in [6.07, 6.45) is 2.11. The van der Waals surface area contributed by atoms with Gasteiger partial charge in [0.05, 0.1) is 11.8 Å². The average Bonchev–Trinajstić information content (AvgIpc) is 2.48. The standard InChI is InChI=1S/C16H25N3O3.ClH/c1-5-19-10-11(7-8-13(19)20)18-14(21)16(17)9-12(22-6-2)15(16,3)4;/h7-8,10,12H,5-6,9,17H2,1-4H3,(H,18,21);1H. The summed E-state index contributed by atoms with van der Waals surface area (Å²) in [5.74, 6) is -0.241. The molecule has 1 heterocycles. The van der Waals surface area contributed by atoms with Crippen molar-refractivity contribution in [3.8, 4) is 0 Å². The summed E-state index contributed by atoms with van der Waals surface area (Å²) in [6.45, 7) is 8.86. The van der Waals surface area contributed by atoms with Crippen molar-refractivity contribution in [3.05, 3.63) is 28.7 Å². The molecule has 0 spiro atoms. The maximum Gasteiger partial charge on any atom is 0.250 e. The van der Waals surface area contributed by atoms with Crippen molar-refractivity contribution in [1.29, 1.82) is 0 Å². The molecule has 1 aliphatic carbocycles. The zero-order chi connectivity index (χ0) is 16.5. The number of pyridine rings is 1. The Bertz CT molecular complexity index is 629. The van der Waals surface area contributed by atoms with Crippen LogP contribution >= 0.6 is 12.4 Å². The highest BCUT2D eigenvalue weighted by Crippen LogP contribution is 2.50. The first-order valence-electron chi connectivity index (χ1n) is 7.68. The van der Waals surface area contributed by atoms with Gasteiger partial charge in [-0.2, -0.15) is 0 Å². The molecule has 23 heavy (non-hydrogen) atoms. The van der Waals surface area contributed by atoms with Crippen LogP contribution in [0.25, 0.3) is 0 Å². The van der Waals surface area contributed by atoms with E-state index in [1.807, 2.05) is 27.7 Å². The van der Waals surface area contributed by atoms with Crippen LogP contribution in [0.1, 0.15) is 34.1 Å². The summed E-state index contributed by atoms with van der Waals surface area (Å²) < 4.78 is 7.17. The third-order valence-electron chi connectivity index (χ3n) is 4.82. The Morgan fingerprint density at radius 2 is 2.09 bits per heavy atom. The van der Waals surface area contributed by atoms with Crippen LogP contribution in [0.4, 0.5) is 5.69 Å². The van der Waals surface area contributed by atoms with E-state index in [-0.39, 0.29) is 30.0 Å². The van der Waals surface area contributed by atoms with Crippen LogP contribution < -0.4 is 16.6 Å². The summed E-state index contributed by atoms with van der Waals surface area (Å²) in [6, 6.07) is 3.04. The number of anilines is 1. The number of nitrogens with zero attached hydrogens (tertiary/aromatic N) is 1. The van der Waals surface area contributed by atoms with Crippen LogP contribution in [0, 0.1) is 5.41 Å². The van der Waals surface area contributed by atoms with Gasteiger partial charge >= 0.3 is 0 Å². The Kier molecular flexibility index (Phi) is 6.01. The van der Waals surface area contributed by atoms with Gasteiger partial charge in [-0.25, -0.2) is 0 Å². The number of carbonyl (C=O) groups is 1. The van der Waals surface area contributed by atoms with Gasteiger partial charge in [0.15, 0.2) is 0 Å². The molecule has 1 fully saturated rings. The molecule has 1 aromatic heterocycles. The monoisotopic (exact) mass is 343 g/mol. The van der Waals surface area contributed by atoms with Gasteiger partial charge < -0.3 is 20.4 Å². The van der Waals surface area contributed by atoms with E-state index in [9.17, 15) is 9.59 Å². The number of hydrogen-bond donors (Lipinski definition) is 2. The molecule has 2 atom stereocenters. The topological polar surface area (TPSA) is 86.3 Å². The van der Waals surface area contributed by atoms with Gasteiger partial charge in [-0.15, -0.1) is 12.4 Å². The fourth-order valence-corrected chi connectivity index (χ4v) is 2.92. The third kappa shape index (κ3) is 3.29. The Morgan fingerprint density at radius 3 is 2.61 bits per heavy atom. The number of hydrogen-bond acceptors (Lipinski definition) is 4. The SMILES string of the molecule is CCOC1CC(N)(C(=O)Nc2ccc(=O)n(CC)c2)C1(C)C.Cl. The first-order chi connectivity index (χ1) is 10.3. The average molecular weight is 344 g/mol. The van der Waals surface area contributed by atoms with Crippen LogP contribution in [0.2, 0.25) is 0 Å². The molecule has 0 aromatic carbocycles. The Hall–Kier alpha value is -1.37. The second-order valence-electron chi connectivity index (χ2n) is 6.34. The molecule has 7 heteroatoms. The van der Waals surface area contributed by atoms with Gasteiger partial charge in [-0.1, -0.05) is 13.8 Å². The first-order valence-corrected chi connectivity index (χ1v) is 7.68. The second-order valence-corrected chi connectivity index (χ2v) is 6.34. The van der Waals surface area contributed by atoms with Crippen molar-refractivity contribution < 1.29 is 9.53 Å². The van der Waals surface area contributed by atoms with Gasteiger partial charge in [0.1, 0.15) is 5.54 Å². The minimum absolute atomic E-state index is 0. The summed E-state index contributed by atoms with van der Waals surface area (Å²) in [5.41, 5.74) is 5.40. The molecule has 1 aromatic rings. The van der Waals surface area contributed by atoms with Crippen LogP contribution in [0.3, 0.4) is 0 Å². The van der Waals surface area contributed by atoms with Gasteiger partial charge in [-0.3, -0.25) is 9.59 Å². The van der Waals surface area contributed by atoms with Gasteiger partial charge in [0.25, 0.3) is 5.56 Å². The summed E-state index contributed by atoms with van der Waals surface area (Å²) in [7, 11) is 0. The first kappa shape index (κ1) is 19.7. The van der Waals surface area contributed by atoms with Crippen LogP contribution in [0.5, 0.6) is 0 Å². The number of aryl methyl sites for hydroxylation is 1. The zero-order valence-corrected chi connectivity index (χ0v) is 14.9. The molecule has 1 saturated carbocycles. The van der Waals surface area contributed by atoms with E-state index >= 15 is 0 Å². The van der Waals surface area contributed by atoms with E-state index in [0.29, 0.717) is 25.3 Å². The molecule has 0 radical (unpaired) electrons. The number of nitrogens with two attached hydrogens (primary N) is 1. The molecule has 2 rings (SSSR count). The van der Waals surface area contributed by atoms with Crippen LogP contribution in [-0.2, 0) is 16.1 Å². The highest BCUT2D eigenvalue weighted by atomic mass is 35.5. The number of aromatic nitrogens is 1. The number of ether oxygens (including phenoxy) is 1. The predicted molar refractivity (Wildman–Crippen MR) is 93.0 cm³/mol. The van der Waals surface area contributed by atoms with Crippen molar-refractivity contribution in [2.24, 2.45) is 11.1 Å². The molecule has 6 nitrogen and oxygen atoms in total. The highest BCUT2D eigenvalue weighted by Gasteiger charge is 2.62. The number of rotatable bonds is 5. The normalized spacial score (nSPS) is 25.2. The molecule has 130 valence electrons. The fraction of sp³-hybridized carbons (Fsp3) is 0.625. The smallest absolute Gasteiger partial charge is 0.250 e. The predicted octanol–water partition coefficient (Wildman–Crippen LogP) is 1.76. The van der Waals surface area contributed by atoms with E-state index in [2.05, 4.69) is 5.32 Å². The molecule has 0 aliphatic heterocycles. The molecule has 0 bridgehead atoms. The van der Waals surface area contributed by atoms with Crippen molar-refractivity contribution in [1.82, 2.24) is 4.57 Å². The number of amides is 1. The number of carbonyl (C=O) groups excluding carboxylic acids is 1. The molecule has 3 N–H and O–H groups in total. The van der Waals surface area contributed by atoms with Crippen molar-refractivity contribution in [3.63, 3.8) is 0 Å². The lowest BCUT2D eigenvalue weighted by molar-refractivity contribution is -0.166. The van der Waals surface area contributed by atoms with Gasteiger partial charge in [0.2, 0.25) is 5.91 Å². The van der Waals surface area contributed by atoms with Gasteiger partial charge in [-0.05, 0) is 19.9 Å². The van der Waals surface area contributed by atoms with Gasteiger partial charge in [0, 0.05) is 37.3 Å². The minimum Gasteiger partial charge on any atom is -0.378 e. The minimum atomic E-state index is -0.972. The molecule has 1 amide bonds. The Labute approximate surface area is 142 Å². The van der Waals surface area contributed by atoms with Crippen molar-refractivity contribution in [2.45, 2.75) is 52.3 Å². The highest BCUT2D eigenvalue weighted by molar-refractivity contribution is 5.99. The zero-order valence-electron chi connectivity index (χ0n) is 14.1. The maximum absolute atomic E-state index is 12.6. The van der Waals surface area contributed by atoms with E-state index in [1.165, 1.54) is 10.6 Å². The van der Waals surface area contributed by atoms with E-state index < -0.39 is 11.0 Å². The molecule has 2 unspecified atom stereocenters. The lowest BCUT2D eigenvalue weighted by Crippen LogP contribution is -2.74. The Morgan fingerprint density at radius 1 is 1.43 bits per heavy atom. The van der Waals surface area contributed by atoms with Crippen LogP contribution in [-0.4, -0.2) is 28.7 Å². The number of halogens is 1. The molecule has 1 aliphatic rings. The fourth-order valence-electron chi connectivity index (χ4n) is 2.92. The van der Waals surface area contributed by atoms with Crippen molar-refractivity contribution in [2.75, 3.05) is 11.9 Å². The molecular formula is C16H26ClN3O3. The number of nitrogens with one attached hydrogen (secondary N) is 1. The molecule has 0 saturated heterocycles. The lowest BCUT2D eigenvalue weighted by Gasteiger charge is -2.57. The van der Waals surface area contributed by atoms with E-state index in [0.717, 1.165) is 0 Å². The summed E-state index contributed by atoms with van der Waals surface area (Å²) in [5, 5.41) is 2.83. The quantitative estimate of drug-likeness (QED) is 0.853. The Balaban J connectivity index is 0.00000264. The third-order valence-corrected chi connectivity index (χ3v) is 4.82. The van der Waals surface area contributed by atoms with E-state index in [1.54, 1.807) is 12.3 Å². The van der Waals surface area contributed by atoms with Crippen LogP contribution in [0.15, 0.2) is 23.1 Å². The lowest BCUT2D eigenvalue weighted by atomic mass is 9.54. The summed E-state index contributed by atoms with van der Waals surface area (Å²) >= 11 is 0. The van der Waals surface area contributed by atoms with E-state index in [4.69, 9.17) is 10.5 Å². The second kappa shape index (κ2) is 7.03. The van der Waals surface area contributed by atoms with Crippen molar-refractivity contribution >= 4 is 24.0 Å². The molecular weight excluding hydrogens is 318 g/mol.